The predicted octanol–water partition coefficient (Wildman–Crippen LogP) is 0.940. The van der Waals surface area contributed by atoms with Gasteiger partial charge in [-0.15, -0.1) is 0 Å². The molecule has 22 heavy (non-hydrogen) atoms. The summed E-state index contributed by atoms with van der Waals surface area (Å²) in [5.74, 6) is 1.43. The van der Waals surface area contributed by atoms with E-state index in [0.717, 1.165) is 69.8 Å². The minimum Gasteiger partial charge on any atom is -0.393 e. The van der Waals surface area contributed by atoms with Gasteiger partial charge in [-0.05, 0) is 38.6 Å². The van der Waals surface area contributed by atoms with Gasteiger partial charge >= 0.3 is 0 Å². The molecule has 2 fully saturated rings. The van der Waals surface area contributed by atoms with E-state index in [9.17, 15) is 5.11 Å². The molecule has 0 bridgehead atoms. The summed E-state index contributed by atoms with van der Waals surface area (Å²) in [6.07, 6.45) is 6.54. The highest BCUT2D eigenvalue weighted by molar-refractivity contribution is 5.36. The van der Waals surface area contributed by atoms with Crippen molar-refractivity contribution in [1.29, 1.82) is 0 Å². The van der Waals surface area contributed by atoms with E-state index in [4.69, 9.17) is 5.73 Å². The van der Waals surface area contributed by atoms with Gasteiger partial charge in [0.2, 0.25) is 0 Å². The number of rotatable bonds is 6. The second-order valence-corrected chi connectivity index (χ2v) is 6.61. The zero-order valence-electron chi connectivity index (χ0n) is 13.1. The molecule has 1 saturated heterocycles. The van der Waals surface area contributed by atoms with E-state index >= 15 is 0 Å². The van der Waals surface area contributed by atoms with Gasteiger partial charge in [0.05, 0.1) is 6.10 Å². The summed E-state index contributed by atoms with van der Waals surface area (Å²) in [6, 6.07) is 2.41. The van der Waals surface area contributed by atoms with Crippen LogP contribution in [0.2, 0.25) is 0 Å². The third kappa shape index (κ3) is 4.15. The van der Waals surface area contributed by atoms with Crippen LogP contribution < -0.4 is 11.1 Å². The van der Waals surface area contributed by atoms with Crippen molar-refractivity contribution in [2.24, 2.45) is 5.73 Å². The molecule has 1 aromatic heterocycles. The molecule has 2 heterocycles. The number of aromatic nitrogens is 2. The molecule has 0 atom stereocenters. The van der Waals surface area contributed by atoms with Crippen LogP contribution in [0.5, 0.6) is 0 Å². The normalized spacial score (nSPS) is 26.6. The van der Waals surface area contributed by atoms with Crippen molar-refractivity contribution in [1.82, 2.24) is 14.9 Å². The van der Waals surface area contributed by atoms with Gasteiger partial charge in [-0.2, -0.15) is 0 Å². The molecule has 122 valence electrons. The summed E-state index contributed by atoms with van der Waals surface area (Å²) in [7, 11) is 0. The van der Waals surface area contributed by atoms with Crippen molar-refractivity contribution >= 4 is 5.82 Å². The topological polar surface area (TPSA) is 87.3 Å². The standard InChI is InChI=1S/C16H27N5O/c17-13-8-12(9-13)15-10-16(20-11-19-15)18-4-1-5-21-6-2-14(22)3-7-21/h10-14,22H,1-9,17H2,(H,18,19,20). The van der Waals surface area contributed by atoms with Crippen LogP contribution in [0.25, 0.3) is 0 Å². The van der Waals surface area contributed by atoms with Crippen LogP contribution in [-0.2, 0) is 0 Å². The third-order valence-corrected chi connectivity index (χ3v) is 4.80. The second-order valence-electron chi connectivity index (χ2n) is 6.61. The summed E-state index contributed by atoms with van der Waals surface area (Å²) in [4.78, 5) is 11.1. The van der Waals surface area contributed by atoms with Crippen LogP contribution in [0.15, 0.2) is 12.4 Å². The average Bonchev–Trinajstić information content (AvgIpc) is 2.50. The van der Waals surface area contributed by atoms with Crippen molar-refractivity contribution in [3.63, 3.8) is 0 Å². The quantitative estimate of drug-likeness (QED) is 0.678. The van der Waals surface area contributed by atoms with Crippen molar-refractivity contribution < 1.29 is 5.11 Å². The lowest BCUT2D eigenvalue weighted by Crippen LogP contribution is -2.36. The molecular weight excluding hydrogens is 278 g/mol. The number of hydrogen-bond donors (Lipinski definition) is 3. The molecule has 1 saturated carbocycles. The lowest BCUT2D eigenvalue weighted by atomic mass is 9.79. The summed E-state index contributed by atoms with van der Waals surface area (Å²) in [5.41, 5.74) is 6.96. The largest absolute Gasteiger partial charge is 0.393 e. The maximum Gasteiger partial charge on any atom is 0.129 e. The first-order chi connectivity index (χ1) is 10.7. The molecule has 0 aromatic carbocycles. The summed E-state index contributed by atoms with van der Waals surface area (Å²) >= 11 is 0. The van der Waals surface area contributed by atoms with Gasteiger partial charge in [0.15, 0.2) is 0 Å². The Kier molecular flexibility index (Phi) is 5.23. The summed E-state index contributed by atoms with van der Waals surface area (Å²) in [5, 5.41) is 12.9. The minimum atomic E-state index is -0.0894. The number of anilines is 1. The molecule has 4 N–H and O–H groups in total. The van der Waals surface area contributed by atoms with Crippen LogP contribution in [0.1, 0.15) is 43.7 Å². The van der Waals surface area contributed by atoms with E-state index in [-0.39, 0.29) is 6.10 Å². The zero-order valence-corrected chi connectivity index (χ0v) is 13.1. The van der Waals surface area contributed by atoms with E-state index < -0.39 is 0 Å². The maximum atomic E-state index is 9.50. The number of piperidine rings is 1. The van der Waals surface area contributed by atoms with Crippen molar-refractivity contribution in [2.45, 2.75) is 50.2 Å². The highest BCUT2D eigenvalue weighted by Gasteiger charge is 2.28. The summed E-state index contributed by atoms with van der Waals surface area (Å²) in [6.45, 7) is 4.02. The number of aliphatic hydroxyl groups excluding tert-OH is 1. The highest BCUT2D eigenvalue weighted by Crippen LogP contribution is 2.34. The van der Waals surface area contributed by atoms with E-state index in [1.54, 1.807) is 6.33 Å². The van der Waals surface area contributed by atoms with Crippen LogP contribution in [-0.4, -0.2) is 58.3 Å². The number of likely N-dealkylation sites (tertiary alicyclic amines) is 1. The monoisotopic (exact) mass is 305 g/mol. The van der Waals surface area contributed by atoms with Gasteiger partial charge < -0.3 is 21.1 Å². The Labute approximate surface area is 132 Å². The minimum absolute atomic E-state index is 0.0894. The lowest BCUT2D eigenvalue weighted by Gasteiger charge is -2.31. The Morgan fingerprint density at radius 1 is 1.27 bits per heavy atom. The van der Waals surface area contributed by atoms with E-state index in [1.165, 1.54) is 0 Å². The Morgan fingerprint density at radius 3 is 2.77 bits per heavy atom. The Balaban J connectivity index is 1.37. The molecule has 3 rings (SSSR count). The molecule has 1 aliphatic carbocycles. The fourth-order valence-corrected chi connectivity index (χ4v) is 3.26. The van der Waals surface area contributed by atoms with Crippen LogP contribution in [0, 0.1) is 0 Å². The smallest absolute Gasteiger partial charge is 0.129 e. The molecule has 1 aliphatic heterocycles. The molecular formula is C16H27N5O. The van der Waals surface area contributed by atoms with E-state index in [2.05, 4.69) is 26.3 Å². The van der Waals surface area contributed by atoms with Gasteiger partial charge in [0.25, 0.3) is 0 Å². The van der Waals surface area contributed by atoms with Gasteiger partial charge in [0.1, 0.15) is 12.1 Å². The maximum absolute atomic E-state index is 9.50. The SMILES string of the molecule is NC1CC(c2cc(NCCCN3CCC(O)CC3)ncn2)C1. The number of nitrogens with two attached hydrogens (primary N) is 1. The Hall–Kier alpha value is -1.24. The average molecular weight is 305 g/mol. The second kappa shape index (κ2) is 7.35. The Morgan fingerprint density at radius 2 is 2.05 bits per heavy atom. The van der Waals surface area contributed by atoms with E-state index in [0.29, 0.717) is 12.0 Å². The van der Waals surface area contributed by atoms with Crippen molar-refractivity contribution in [3.05, 3.63) is 18.1 Å². The molecule has 0 radical (unpaired) electrons. The first kappa shape index (κ1) is 15.6. The predicted molar refractivity (Wildman–Crippen MR) is 86.8 cm³/mol. The molecule has 0 spiro atoms. The van der Waals surface area contributed by atoms with Crippen molar-refractivity contribution in [3.8, 4) is 0 Å². The first-order valence-corrected chi connectivity index (χ1v) is 8.42. The molecule has 1 aromatic rings. The lowest BCUT2D eigenvalue weighted by molar-refractivity contribution is 0.0825. The van der Waals surface area contributed by atoms with Crippen LogP contribution >= 0.6 is 0 Å². The molecule has 6 heteroatoms. The van der Waals surface area contributed by atoms with Gasteiger partial charge in [-0.25, -0.2) is 9.97 Å². The molecule has 2 aliphatic rings. The van der Waals surface area contributed by atoms with Gasteiger partial charge in [0, 0.05) is 43.4 Å². The number of nitrogens with one attached hydrogen (secondary N) is 1. The van der Waals surface area contributed by atoms with Gasteiger partial charge in [-0.3, -0.25) is 0 Å². The number of aliphatic hydroxyl groups is 1. The number of hydrogen-bond acceptors (Lipinski definition) is 6. The fourth-order valence-electron chi connectivity index (χ4n) is 3.26. The molecule has 6 nitrogen and oxygen atoms in total. The third-order valence-electron chi connectivity index (χ3n) is 4.80. The van der Waals surface area contributed by atoms with Crippen LogP contribution in [0.4, 0.5) is 5.82 Å². The van der Waals surface area contributed by atoms with E-state index in [1.807, 2.05) is 0 Å². The highest BCUT2D eigenvalue weighted by atomic mass is 16.3. The van der Waals surface area contributed by atoms with Crippen LogP contribution in [0.3, 0.4) is 0 Å². The van der Waals surface area contributed by atoms with Gasteiger partial charge in [-0.1, -0.05) is 0 Å². The molecule has 0 amide bonds. The first-order valence-electron chi connectivity index (χ1n) is 8.42. The number of nitrogens with zero attached hydrogens (tertiary/aromatic N) is 3. The Bertz CT molecular complexity index is 469. The molecule has 0 unspecified atom stereocenters. The zero-order chi connectivity index (χ0) is 15.4. The summed E-state index contributed by atoms with van der Waals surface area (Å²) < 4.78 is 0. The van der Waals surface area contributed by atoms with Crippen molar-refractivity contribution in [2.75, 3.05) is 31.5 Å². The fraction of sp³-hybridized carbons (Fsp3) is 0.750.